The third kappa shape index (κ3) is 4.74. The number of nitrogens with zero attached hydrogens (tertiary/aromatic N) is 5. The Morgan fingerprint density at radius 3 is 2.51 bits per heavy atom. The van der Waals surface area contributed by atoms with E-state index in [0.29, 0.717) is 48.7 Å². The molecule has 1 saturated heterocycles. The minimum absolute atomic E-state index is 0.137. The van der Waals surface area contributed by atoms with Gasteiger partial charge < -0.3 is 15.1 Å². The first-order chi connectivity index (χ1) is 16.8. The molecule has 1 aromatic carbocycles. The molecule has 184 valence electrons. The van der Waals surface area contributed by atoms with Crippen LogP contribution in [0.2, 0.25) is 0 Å². The van der Waals surface area contributed by atoms with Gasteiger partial charge in [-0.1, -0.05) is 18.2 Å². The Bertz CT molecular complexity index is 1260. The fourth-order valence-electron chi connectivity index (χ4n) is 4.52. The Labute approximate surface area is 201 Å². The van der Waals surface area contributed by atoms with E-state index in [4.69, 9.17) is 0 Å². The van der Waals surface area contributed by atoms with Gasteiger partial charge in [0.1, 0.15) is 23.3 Å². The molecule has 10 heteroatoms. The Morgan fingerprint density at radius 1 is 1.11 bits per heavy atom. The number of fused-ring (bicyclic) bond motifs is 1. The molecule has 1 N–H and O–H groups in total. The van der Waals surface area contributed by atoms with Crippen LogP contribution in [0.4, 0.5) is 24.8 Å². The number of halogens is 3. The lowest BCUT2D eigenvalue weighted by atomic mass is 10.0. The zero-order chi connectivity index (χ0) is 24.7. The van der Waals surface area contributed by atoms with Gasteiger partial charge in [-0.15, -0.1) is 0 Å². The molecule has 3 aromatic rings. The molecule has 3 heterocycles. The summed E-state index contributed by atoms with van der Waals surface area (Å²) in [5, 5.41) is 3.89. The Hall–Kier alpha value is -3.43. The molecular formula is C25H27F3N6O. The van der Waals surface area contributed by atoms with Crippen molar-refractivity contribution in [1.82, 2.24) is 19.9 Å². The van der Waals surface area contributed by atoms with Crippen LogP contribution in [0, 0.1) is 18.7 Å². The maximum atomic E-state index is 14.7. The number of aryl methyl sites for hydroxylation is 1. The predicted molar refractivity (Wildman–Crippen MR) is 127 cm³/mol. The van der Waals surface area contributed by atoms with Crippen molar-refractivity contribution in [2.45, 2.75) is 39.2 Å². The average Bonchev–Trinajstić information content (AvgIpc) is 3.69. The maximum Gasteiger partial charge on any atom is 0.266 e. The summed E-state index contributed by atoms with van der Waals surface area (Å²) in [5.41, 5.74) is 0.143. The van der Waals surface area contributed by atoms with E-state index in [1.165, 1.54) is 12.1 Å². The van der Waals surface area contributed by atoms with Crippen LogP contribution in [0.25, 0.3) is 10.9 Å². The molecular weight excluding hydrogens is 457 g/mol. The smallest absolute Gasteiger partial charge is 0.266 e. The van der Waals surface area contributed by atoms with Gasteiger partial charge in [0.05, 0.1) is 23.3 Å². The van der Waals surface area contributed by atoms with Gasteiger partial charge in [-0.25, -0.2) is 28.1 Å². The summed E-state index contributed by atoms with van der Waals surface area (Å²) in [7, 11) is 0. The zero-order valence-corrected chi connectivity index (χ0v) is 19.6. The van der Waals surface area contributed by atoms with Crippen LogP contribution >= 0.6 is 0 Å². The van der Waals surface area contributed by atoms with Crippen molar-refractivity contribution in [1.29, 1.82) is 0 Å². The largest absolute Gasteiger partial charge is 0.363 e. The highest BCUT2D eigenvalue weighted by atomic mass is 19.3. The van der Waals surface area contributed by atoms with Crippen LogP contribution in [-0.2, 0) is 4.79 Å². The van der Waals surface area contributed by atoms with E-state index < -0.39 is 23.8 Å². The molecule has 2 aromatic heterocycles. The van der Waals surface area contributed by atoms with Crippen LogP contribution in [0.1, 0.15) is 49.2 Å². The first-order valence-corrected chi connectivity index (χ1v) is 11.8. The second kappa shape index (κ2) is 9.31. The van der Waals surface area contributed by atoms with Crippen LogP contribution < -0.4 is 10.2 Å². The van der Waals surface area contributed by atoms with E-state index >= 15 is 0 Å². The van der Waals surface area contributed by atoms with E-state index in [1.807, 2.05) is 11.0 Å². The fourth-order valence-corrected chi connectivity index (χ4v) is 4.52. The standard InChI is InChI=1S/C25H27F3N6O/c1-14(17-4-3-5-18(22(17)26)23(27)28)30-24-19-12-21(29-13-20(19)31-15(2)32-24)33-8-10-34(11-9-33)25(35)16-6-7-16/h3-5,12-14,16,23H,6-11H2,1-2H3,(H,30,31,32)/t14-/m1/s1. The molecule has 35 heavy (non-hydrogen) atoms. The molecule has 0 unspecified atom stereocenters. The van der Waals surface area contributed by atoms with Crippen molar-refractivity contribution >= 4 is 28.4 Å². The third-order valence-electron chi connectivity index (χ3n) is 6.63. The van der Waals surface area contributed by atoms with Gasteiger partial charge in [0.2, 0.25) is 5.91 Å². The monoisotopic (exact) mass is 484 g/mol. The average molecular weight is 485 g/mol. The zero-order valence-electron chi connectivity index (χ0n) is 19.6. The molecule has 2 fully saturated rings. The maximum absolute atomic E-state index is 14.7. The fraction of sp³-hybridized carbons (Fsp3) is 0.440. The Morgan fingerprint density at radius 2 is 1.83 bits per heavy atom. The SMILES string of the molecule is Cc1nc(N[C@H](C)c2cccc(C(F)F)c2F)c2cc(N3CCN(C(=O)C4CC4)CC3)ncc2n1. The number of anilines is 2. The highest BCUT2D eigenvalue weighted by molar-refractivity contribution is 5.90. The molecule has 1 atom stereocenters. The summed E-state index contributed by atoms with van der Waals surface area (Å²) in [6, 6.07) is 5.28. The summed E-state index contributed by atoms with van der Waals surface area (Å²) in [6.07, 6.45) is 0.775. The number of hydrogen-bond donors (Lipinski definition) is 1. The van der Waals surface area contributed by atoms with Crippen molar-refractivity contribution < 1.29 is 18.0 Å². The second-order valence-corrected chi connectivity index (χ2v) is 9.18. The van der Waals surface area contributed by atoms with E-state index in [1.54, 1.807) is 20.0 Å². The van der Waals surface area contributed by atoms with Crippen LogP contribution in [0.5, 0.6) is 0 Å². The summed E-state index contributed by atoms with van der Waals surface area (Å²) in [6.45, 7) is 6.11. The highest BCUT2D eigenvalue weighted by Crippen LogP contribution is 2.33. The number of benzene rings is 1. The number of pyridine rings is 1. The number of carbonyl (C=O) groups is 1. The first-order valence-electron chi connectivity index (χ1n) is 11.8. The minimum atomic E-state index is -2.89. The molecule has 5 rings (SSSR count). The number of rotatable bonds is 6. The van der Waals surface area contributed by atoms with E-state index in [2.05, 4.69) is 25.2 Å². The third-order valence-corrected chi connectivity index (χ3v) is 6.63. The van der Waals surface area contributed by atoms with Crippen molar-refractivity contribution in [3.63, 3.8) is 0 Å². The highest BCUT2D eigenvalue weighted by Gasteiger charge is 2.34. The number of carbonyl (C=O) groups excluding carboxylic acids is 1. The van der Waals surface area contributed by atoms with Gasteiger partial charge in [-0.2, -0.15) is 0 Å². The number of nitrogens with one attached hydrogen (secondary N) is 1. The number of alkyl halides is 2. The molecule has 7 nitrogen and oxygen atoms in total. The quantitative estimate of drug-likeness (QED) is 0.550. The second-order valence-electron chi connectivity index (χ2n) is 9.18. The summed E-state index contributed by atoms with van der Waals surface area (Å²) >= 11 is 0. The normalized spacial score (nSPS) is 17.2. The number of hydrogen-bond acceptors (Lipinski definition) is 6. The lowest BCUT2D eigenvalue weighted by Crippen LogP contribution is -2.49. The van der Waals surface area contributed by atoms with Crippen molar-refractivity contribution in [3.05, 3.63) is 53.2 Å². The van der Waals surface area contributed by atoms with Gasteiger partial charge in [0, 0.05) is 43.0 Å². The van der Waals surface area contributed by atoms with Gasteiger partial charge in [-0.05, 0) is 32.8 Å². The Kier molecular flexibility index (Phi) is 6.21. The molecule has 1 aliphatic heterocycles. The van der Waals surface area contributed by atoms with Crippen LogP contribution in [-0.4, -0.2) is 51.9 Å². The molecule has 0 radical (unpaired) electrons. The number of aromatic nitrogens is 3. The van der Waals surface area contributed by atoms with Gasteiger partial charge >= 0.3 is 0 Å². The van der Waals surface area contributed by atoms with Gasteiger partial charge in [-0.3, -0.25) is 4.79 Å². The van der Waals surface area contributed by atoms with Crippen LogP contribution in [0.3, 0.4) is 0 Å². The van der Waals surface area contributed by atoms with Gasteiger partial charge in [0.25, 0.3) is 6.43 Å². The number of piperazine rings is 1. The van der Waals surface area contributed by atoms with Gasteiger partial charge in [0.15, 0.2) is 0 Å². The number of amides is 1. The molecule has 1 amide bonds. The first kappa shape index (κ1) is 23.3. The lowest BCUT2D eigenvalue weighted by Gasteiger charge is -2.35. The van der Waals surface area contributed by atoms with E-state index in [0.717, 1.165) is 24.7 Å². The van der Waals surface area contributed by atoms with Crippen molar-refractivity contribution in [2.75, 3.05) is 36.4 Å². The topological polar surface area (TPSA) is 74.2 Å². The Balaban J connectivity index is 1.39. The minimum Gasteiger partial charge on any atom is -0.363 e. The summed E-state index contributed by atoms with van der Waals surface area (Å²) in [4.78, 5) is 29.9. The summed E-state index contributed by atoms with van der Waals surface area (Å²) in [5.74, 6) is 1.28. The molecule has 1 saturated carbocycles. The molecule has 2 aliphatic rings. The molecule has 1 aliphatic carbocycles. The van der Waals surface area contributed by atoms with E-state index in [-0.39, 0.29) is 17.4 Å². The lowest BCUT2D eigenvalue weighted by molar-refractivity contribution is -0.132. The van der Waals surface area contributed by atoms with Crippen molar-refractivity contribution in [2.24, 2.45) is 5.92 Å². The molecule has 0 spiro atoms. The van der Waals surface area contributed by atoms with E-state index in [9.17, 15) is 18.0 Å². The van der Waals surface area contributed by atoms with Crippen molar-refractivity contribution in [3.8, 4) is 0 Å². The predicted octanol–water partition coefficient (Wildman–Crippen LogP) is 4.64. The molecule has 0 bridgehead atoms. The summed E-state index contributed by atoms with van der Waals surface area (Å²) < 4.78 is 41.1. The van der Waals surface area contributed by atoms with Crippen LogP contribution in [0.15, 0.2) is 30.5 Å².